The summed E-state index contributed by atoms with van der Waals surface area (Å²) in [7, 11) is 3.84. The van der Waals surface area contributed by atoms with Crippen molar-refractivity contribution in [3.63, 3.8) is 0 Å². The van der Waals surface area contributed by atoms with Crippen LogP contribution in [-0.4, -0.2) is 57.4 Å². The number of aromatic hydroxyl groups is 1. The summed E-state index contributed by atoms with van der Waals surface area (Å²) in [4.78, 5) is 39.6. The van der Waals surface area contributed by atoms with E-state index in [2.05, 4.69) is 30.9 Å². The van der Waals surface area contributed by atoms with Gasteiger partial charge in [-0.25, -0.2) is 9.97 Å². The maximum absolute atomic E-state index is 12.9. The van der Waals surface area contributed by atoms with Crippen molar-refractivity contribution in [1.29, 1.82) is 0 Å². The summed E-state index contributed by atoms with van der Waals surface area (Å²) in [5.41, 5.74) is 4.54. The van der Waals surface area contributed by atoms with Crippen molar-refractivity contribution in [2.45, 2.75) is 6.92 Å². The molecule has 2 aromatic heterocycles. The van der Waals surface area contributed by atoms with E-state index in [1.165, 1.54) is 12.3 Å². The van der Waals surface area contributed by atoms with Crippen LogP contribution in [0.15, 0.2) is 85.3 Å². The van der Waals surface area contributed by atoms with E-state index >= 15 is 0 Å². The Morgan fingerprint density at radius 3 is 2.49 bits per heavy atom. The highest BCUT2D eigenvalue weighted by Crippen LogP contribution is 2.25. The van der Waals surface area contributed by atoms with E-state index in [0.717, 1.165) is 11.3 Å². The van der Waals surface area contributed by atoms with Crippen LogP contribution < -0.4 is 16.0 Å². The van der Waals surface area contributed by atoms with E-state index in [9.17, 15) is 14.7 Å². The number of benzene rings is 2. The molecule has 4 N–H and O–H groups in total. The van der Waals surface area contributed by atoms with Crippen LogP contribution >= 0.6 is 0 Å². The van der Waals surface area contributed by atoms with Crippen LogP contribution in [0.4, 0.5) is 23.0 Å². The molecule has 0 aliphatic rings. The molecule has 4 rings (SSSR count). The van der Waals surface area contributed by atoms with Crippen molar-refractivity contribution < 1.29 is 14.7 Å². The van der Waals surface area contributed by atoms with Gasteiger partial charge >= 0.3 is 0 Å². The van der Waals surface area contributed by atoms with Crippen molar-refractivity contribution in [3.05, 3.63) is 96.5 Å². The van der Waals surface area contributed by atoms with E-state index < -0.39 is 0 Å². The quantitative estimate of drug-likeness (QED) is 0.234. The van der Waals surface area contributed by atoms with Crippen LogP contribution in [0.25, 0.3) is 11.3 Å². The van der Waals surface area contributed by atoms with Crippen molar-refractivity contribution in [1.82, 2.24) is 19.9 Å². The molecule has 0 aliphatic heterocycles. The van der Waals surface area contributed by atoms with Crippen LogP contribution in [0.5, 0.6) is 5.75 Å². The smallest absolute Gasteiger partial charge is 0.255 e. The molecule has 198 valence electrons. The number of amides is 2. The predicted molar refractivity (Wildman–Crippen MR) is 152 cm³/mol. The molecule has 2 aromatic carbocycles. The van der Waals surface area contributed by atoms with Crippen LogP contribution in [0.1, 0.15) is 15.9 Å². The minimum absolute atomic E-state index is 0.0482. The van der Waals surface area contributed by atoms with Gasteiger partial charge in [0.1, 0.15) is 5.75 Å². The van der Waals surface area contributed by atoms with Crippen LogP contribution in [-0.2, 0) is 4.79 Å². The molecule has 0 spiro atoms. The number of nitrogens with one attached hydrogen (secondary N) is 3. The Hall–Kier alpha value is -5.09. The summed E-state index contributed by atoms with van der Waals surface area (Å²) < 4.78 is 0. The normalized spacial score (nSPS) is 11.0. The van der Waals surface area contributed by atoms with Crippen molar-refractivity contribution in [2.75, 3.05) is 36.6 Å². The van der Waals surface area contributed by atoms with Gasteiger partial charge in [-0.2, -0.15) is 0 Å². The van der Waals surface area contributed by atoms with Gasteiger partial charge in [-0.3, -0.25) is 14.6 Å². The van der Waals surface area contributed by atoms with Crippen molar-refractivity contribution >= 4 is 34.8 Å². The van der Waals surface area contributed by atoms with Gasteiger partial charge < -0.3 is 26.0 Å². The lowest BCUT2D eigenvalue weighted by Gasteiger charge is -2.12. The number of anilines is 4. The fourth-order valence-electron chi connectivity index (χ4n) is 3.57. The molecule has 2 heterocycles. The molecule has 0 bridgehead atoms. The van der Waals surface area contributed by atoms with E-state index in [1.807, 2.05) is 38.1 Å². The van der Waals surface area contributed by atoms with Gasteiger partial charge in [0.05, 0.1) is 11.9 Å². The number of hydrogen-bond acceptors (Lipinski definition) is 8. The molecule has 2 amide bonds. The lowest BCUT2D eigenvalue weighted by atomic mass is 10.1. The second-order valence-corrected chi connectivity index (χ2v) is 9.04. The van der Waals surface area contributed by atoms with E-state index in [-0.39, 0.29) is 17.6 Å². The first-order valence-electron chi connectivity index (χ1n) is 12.2. The van der Waals surface area contributed by atoms with E-state index in [0.29, 0.717) is 40.7 Å². The van der Waals surface area contributed by atoms with E-state index in [1.54, 1.807) is 60.9 Å². The van der Waals surface area contributed by atoms with Gasteiger partial charge in [-0.05, 0) is 75.1 Å². The Morgan fingerprint density at radius 2 is 1.74 bits per heavy atom. The number of pyridine rings is 1. The predicted octanol–water partition coefficient (Wildman–Crippen LogP) is 4.60. The minimum atomic E-state index is -0.289. The van der Waals surface area contributed by atoms with Crippen LogP contribution in [0.2, 0.25) is 0 Å². The maximum Gasteiger partial charge on any atom is 0.255 e. The zero-order valence-electron chi connectivity index (χ0n) is 21.8. The molecule has 0 fully saturated rings. The molecule has 4 aromatic rings. The Balaban J connectivity index is 1.41. The molecule has 10 nitrogen and oxygen atoms in total. The molecule has 0 unspecified atom stereocenters. The number of rotatable bonds is 9. The molecule has 0 atom stereocenters. The molecule has 0 saturated heterocycles. The van der Waals surface area contributed by atoms with Gasteiger partial charge in [0.15, 0.2) is 0 Å². The zero-order valence-corrected chi connectivity index (χ0v) is 21.8. The highest BCUT2D eigenvalue weighted by atomic mass is 16.3. The lowest BCUT2D eigenvalue weighted by Crippen LogP contribution is -2.14. The average Bonchev–Trinajstić information content (AvgIpc) is 2.91. The first kappa shape index (κ1) is 27.0. The second-order valence-electron chi connectivity index (χ2n) is 9.04. The largest absolute Gasteiger partial charge is 0.506 e. The SMILES string of the molecule is Cc1ccc(NC(=O)c2ccc(NC(=O)/C=C/CN(C)C)cc2)cc1Nc1nccc(-c2cncc(O)c2)n1. The number of aromatic nitrogens is 3. The first-order chi connectivity index (χ1) is 18.8. The third-order valence-electron chi connectivity index (χ3n) is 5.57. The third kappa shape index (κ3) is 7.70. The summed E-state index contributed by atoms with van der Waals surface area (Å²) in [5, 5.41) is 18.6. The van der Waals surface area contributed by atoms with Crippen LogP contribution in [0, 0.1) is 6.92 Å². The Labute approximate surface area is 226 Å². The van der Waals surface area contributed by atoms with Gasteiger partial charge in [0.2, 0.25) is 11.9 Å². The van der Waals surface area contributed by atoms with Gasteiger partial charge in [-0.15, -0.1) is 0 Å². The average molecular weight is 524 g/mol. The molecular formula is C29H29N7O3. The summed E-state index contributed by atoms with van der Waals surface area (Å²) >= 11 is 0. The molecule has 0 saturated carbocycles. The molecule has 0 radical (unpaired) electrons. The fraction of sp³-hybridized carbons (Fsp3) is 0.138. The van der Waals surface area contributed by atoms with Crippen molar-refractivity contribution in [2.24, 2.45) is 0 Å². The topological polar surface area (TPSA) is 132 Å². The highest BCUT2D eigenvalue weighted by molar-refractivity contribution is 6.05. The van der Waals surface area contributed by atoms with Gasteiger partial charge in [0.25, 0.3) is 5.91 Å². The molecule has 39 heavy (non-hydrogen) atoms. The fourth-order valence-corrected chi connectivity index (χ4v) is 3.57. The number of likely N-dealkylation sites (N-methyl/N-ethyl adjacent to an activating group) is 1. The van der Waals surface area contributed by atoms with Crippen LogP contribution in [0.3, 0.4) is 0 Å². The maximum atomic E-state index is 12.9. The summed E-state index contributed by atoms with van der Waals surface area (Å²) in [6, 6.07) is 15.4. The van der Waals surface area contributed by atoms with Gasteiger partial charge in [0, 0.05) is 53.2 Å². The molecule has 10 heteroatoms. The van der Waals surface area contributed by atoms with Gasteiger partial charge in [-0.1, -0.05) is 12.1 Å². The number of nitrogens with zero attached hydrogens (tertiary/aromatic N) is 4. The highest BCUT2D eigenvalue weighted by Gasteiger charge is 2.10. The standard InChI is InChI=1S/C29H29N7O3/c1-19-6-9-23(16-26(19)35-29-31-13-12-25(34-29)21-15-24(37)18-30-17-21)33-28(39)20-7-10-22(11-8-20)32-27(38)5-4-14-36(2)3/h4-13,15-18,37H,14H2,1-3H3,(H,32,38)(H,33,39)(H,31,34,35)/b5-4+. The monoisotopic (exact) mass is 523 g/mol. The Kier molecular flexibility index (Phi) is 8.60. The van der Waals surface area contributed by atoms with E-state index in [4.69, 9.17) is 0 Å². The number of aryl methyl sites for hydroxylation is 1. The lowest BCUT2D eigenvalue weighted by molar-refractivity contribution is -0.111. The first-order valence-corrected chi connectivity index (χ1v) is 12.2. The molecule has 0 aliphatic carbocycles. The Morgan fingerprint density at radius 1 is 0.974 bits per heavy atom. The number of carbonyl (C=O) groups excluding carboxylic acids is 2. The minimum Gasteiger partial charge on any atom is -0.506 e. The number of hydrogen-bond donors (Lipinski definition) is 4. The molecular weight excluding hydrogens is 494 g/mol. The Bertz CT molecular complexity index is 1500. The van der Waals surface area contributed by atoms with Crippen molar-refractivity contribution in [3.8, 4) is 17.0 Å². The second kappa shape index (κ2) is 12.4. The zero-order chi connectivity index (χ0) is 27.8. The summed E-state index contributed by atoms with van der Waals surface area (Å²) in [6.45, 7) is 2.60. The number of carbonyl (C=O) groups is 2. The summed E-state index contributed by atoms with van der Waals surface area (Å²) in [6.07, 6.45) is 7.83. The summed E-state index contributed by atoms with van der Waals surface area (Å²) in [5.74, 6) is -0.117. The third-order valence-corrected chi connectivity index (χ3v) is 5.57.